The lowest BCUT2D eigenvalue weighted by Gasteiger charge is -2.24. The predicted molar refractivity (Wildman–Crippen MR) is 60.9 cm³/mol. The summed E-state index contributed by atoms with van der Waals surface area (Å²) in [5.74, 6) is 0. The van der Waals surface area contributed by atoms with Gasteiger partial charge in [0.15, 0.2) is 0 Å². The molecule has 0 radical (unpaired) electrons. The minimum absolute atomic E-state index is 0.238. The summed E-state index contributed by atoms with van der Waals surface area (Å²) in [7, 11) is 1.96. The molecule has 1 fully saturated rings. The van der Waals surface area contributed by atoms with Gasteiger partial charge >= 0.3 is 0 Å². The van der Waals surface area contributed by atoms with Crippen molar-refractivity contribution < 1.29 is 8.42 Å². The highest BCUT2D eigenvalue weighted by molar-refractivity contribution is 7.86. The summed E-state index contributed by atoms with van der Waals surface area (Å²) < 4.78 is 26.8. The maximum atomic E-state index is 11.9. The number of hydrogen-bond donors (Lipinski definition) is 1. The molecule has 1 aliphatic rings. The Hall–Kier alpha value is -0.170. The molecular formula is C9H21N3O2S. The van der Waals surface area contributed by atoms with Crippen LogP contribution in [-0.4, -0.2) is 57.3 Å². The molecule has 0 heterocycles. The Kier molecular flexibility index (Phi) is 4.51. The van der Waals surface area contributed by atoms with Gasteiger partial charge in [0.1, 0.15) is 0 Å². The Morgan fingerprint density at radius 2 is 1.93 bits per heavy atom. The first kappa shape index (κ1) is 12.9. The van der Waals surface area contributed by atoms with Gasteiger partial charge < -0.3 is 5.32 Å². The van der Waals surface area contributed by atoms with Crippen LogP contribution in [0.25, 0.3) is 0 Å². The van der Waals surface area contributed by atoms with E-state index in [-0.39, 0.29) is 6.04 Å². The first-order valence-corrected chi connectivity index (χ1v) is 6.73. The molecule has 0 aromatic carbocycles. The van der Waals surface area contributed by atoms with Gasteiger partial charge in [-0.15, -0.1) is 0 Å². The highest BCUT2D eigenvalue weighted by atomic mass is 32.2. The topological polar surface area (TPSA) is 52.7 Å². The molecule has 1 saturated carbocycles. The zero-order valence-electron chi connectivity index (χ0n) is 9.73. The van der Waals surface area contributed by atoms with E-state index in [2.05, 4.69) is 5.32 Å². The zero-order chi connectivity index (χ0) is 11.5. The molecule has 0 aromatic rings. The fraction of sp³-hybridized carbons (Fsp3) is 1.00. The van der Waals surface area contributed by atoms with E-state index < -0.39 is 10.2 Å². The van der Waals surface area contributed by atoms with Gasteiger partial charge in [0.25, 0.3) is 10.2 Å². The van der Waals surface area contributed by atoms with Crippen molar-refractivity contribution in [3.63, 3.8) is 0 Å². The lowest BCUT2D eigenvalue weighted by atomic mass is 10.4. The van der Waals surface area contributed by atoms with Crippen LogP contribution >= 0.6 is 0 Å². The van der Waals surface area contributed by atoms with Gasteiger partial charge in [-0.2, -0.15) is 17.0 Å². The Morgan fingerprint density at radius 1 is 1.33 bits per heavy atom. The van der Waals surface area contributed by atoms with Crippen LogP contribution < -0.4 is 5.32 Å². The van der Waals surface area contributed by atoms with Crippen LogP contribution in [0, 0.1) is 0 Å². The molecule has 6 heteroatoms. The van der Waals surface area contributed by atoms with Crippen LogP contribution in [0.1, 0.15) is 19.3 Å². The summed E-state index contributed by atoms with van der Waals surface area (Å²) in [5, 5.41) is 3.00. The third kappa shape index (κ3) is 3.41. The molecule has 0 saturated heterocycles. The summed E-state index contributed by atoms with van der Waals surface area (Å²) >= 11 is 0. The van der Waals surface area contributed by atoms with Crippen molar-refractivity contribution in [3.8, 4) is 0 Å². The van der Waals surface area contributed by atoms with Crippen molar-refractivity contribution in [3.05, 3.63) is 0 Å². The van der Waals surface area contributed by atoms with E-state index in [1.165, 1.54) is 8.61 Å². The smallest absolute Gasteiger partial charge is 0.281 e. The first-order valence-electron chi connectivity index (χ1n) is 5.34. The molecule has 0 spiro atoms. The normalized spacial score (nSPS) is 17.7. The van der Waals surface area contributed by atoms with Crippen LogP contribution in [0.15, 0.2) is 0 Å². The lowest BCUT2D eigenvalue weighted by molar-refractivity contribution is 0.384. The highest BCUT2D eigenvalue weighted by Gasteiger charge is 2.35. The third-order valence-corrected chi connectivity index (χ3v) is 4.71. The molecule has 0 bridgehead atoms. The molecule has 1 rings (SSSR count). The molecule has 0 amide bonds. The van der Waals surface area contributed by atoms with Crippen LogP contribution in [0.4, 0.5) is 0 Å². The second kappa shape index (κ2) is 5.25. The summed E-state index contributed by atoms with van der Waals surface area (Å²) in [6.07, 6.45) is 2.84. The van der Waals surface area contributed by atoms with Crippen LogP contribution in [-0.2, 0) is 10.2 Å². The molecule has 90 valence electrons. The summed E-state index contributed by atoms with van der Waals surface area (Å²) in [6.45, 7) is 1.41. The van der Waals surface area contributed by atoms with Gasteiger partial charge in [0, 0.05) is 26.7 Å². The standard InChI is InChI=1S/C9H21N3O2S/c1-10-7-4-8-11(2)15(13,14)12(3)9-5-6-9/h9-10H,4-8H2,1-3H3. The quantitative estimate of drug-likeness (QED) is 0.625. The van der Waals surface area contributed by atoms with Gasteiger partial charge in [0.05, 0.1) is 0 Å². The van der Waals surface area contributed by atoms with Crippen molar-refractivity contribution in [2.75, 3.05) is 34.2 Å². The van der Waals surface area contributed by atoms with E-state index >= 15 is 0 Å². The Morgan fingerprint density at radius 3 is 2.40 bits per heavy atom. The molecular weight excluding hydrogens is 214 g/mol. The van der Waals surface area contributed by atoms with E-state index in [1.54, 1.807) is 14.1 Å². The summed E-state index contributed by atoms with van der Waals surface area (Å²) in [4.78, 5) is 0. The van der Waals surface area contributed by atoms with Crippen LogP contribution in [0.3, 0.4) is 0 Å². The maximum absolute atomic E-state index is 11.9. The molecule has 0 aromatic heterocycles. The molecule has 0 unspecified atom stereocenters. The summed E-state index contributed by atoms with van der Waals surface area (Å²) in [6, 6.07) is 0.238. The Labute approximate surface area is 92.6 Å². The van der Waals surface area contributed by atoms with E-state index in [4.69, 9.17) is 0 Å². The van der Waals surface area contributed by atoms with Crippen molar-refractivity contribution in [1.29, 1.82) is 0 Å². The molecule has 1 aliphatic carbocycles. The van der Waals surface area contributed by atoms with Gasteiger partial charge in [-0.05, 0) is 32.9 Å². The van der Waals surface area contributed by atoms with Crippen LogP contribution in [0.5, 0.6) is 0 Å². The number of hydrogen-bond acceptors (Lipinski definition) is 3. The Balaban J connectivity index is 2.44. The lowest BCUT2D eigenvalue weighted by Crippen LogP contribution is -2.41. The van der Waals surface area contributed by atoms with Gasteiger partial charge in [-0.3, -0.25) is 0 Å². The number of rotatable bonds is 7. The van der Waals surface area contributed by atoms with E-state index in [0.717, 1.165) is 25.8 Å². The average Bonchev–Trinajstić information content (AvgIpc) is 3.00. The highest BCUT2D eigenvalue weighted by Crippen LogP contribution is 2.28. The minimum Gasteiger partial charge on any atom is -0.320 e. The zero-order valence-corrected chi connectivity index (χ0v) is 10.5. The minimum atomic E-state index is -3.22. The predicted octanol–water partition coefficient (Wildman–Crippen LogP) is -0.133. The second-order valence-corrected chi connectivity index (χ2v) is 6.13. The molecule has 0 atom stereocenters. The SMILES string of the molecule is CNCCCN(C)S(=O)(=O)N(C)C1CC1. The fourth-order valence-electron chi connectivity index (χ4n) is 1.44. The van der Waals surface area contributed by atoms with E-state index in [0.29, 0.717) is 6.54 Å². The molecule has 15 heavy (non-hydrogen) atoms. The van der Waals surface area contributed by atoms with Crippen molar-refractivity contribution >= 4 is 10.2 Å². The monoisotopic (exact) mass is 235 g/mol. The van der Waals surface area contributed by atoms with Gasteiger partial charge in [-0.25, -0.2) is 0 Å². The molecule has 1 N–H and O–H groups in total. The average molecular weight is 235 g/mol. The van der Waals surface area contributed by atoms with Gasteiger partial charge in [0.2, 0.25) is 0 Å². The Bertz CT molecular complexity index is 288. The first-order chi connectivity index (χ1) is 7.00. The number of nitrogens with one attached hydrogen (secondary N) is 1. The van der Waals surface area contributed by atoms with E-state index in [9.17, 15) is 8.42 Å². The van der Waals surface area contributed by atoms with Crippen molar-refractivity contribution in [1.82, 2.24) is 13.9 Å². The van der Waals surface area contributed by atoms with E-state index in [1.807, 2.05) is 7.05 Å². The summed E-state index contributed by atoms with van der Waals surface area (Å²) in [5.41, 5.74) is 0. The van der Waals surface area contributed by atoms with Crippen molar-refractivity contribution in [2.24, 2.45) is 0 Å². The fourth-order valence-corrected chi connectivity index (χ4v) is 2.83. The third-order valence-electron chi connectivity index (χ3n) is 2.72. The van der Waals surface area contributed by atoms with Crippen LogP contribution in [0.2, 0.25) is 0 Å². The van der Waals surface area contributed by atoms with Gasteiger partial charge in [-0.1, -0.05) is 0 Å². The maximum Gasteiger partial charge on any atom is 0.281 e. The molecule has 0 aliphatic heterocycles. The van der Waals surface area contributed by atoms with Crippen molar-refractivity contribution in [2.45, 2.75) is 25.3 Å². The second-order valence-electron chi connectivity index (χ2n) is 4.03. The largest absolute Gasteiger partial charge is 0.320 e. The number of nitrogens with zero attached hydrogens (tertiary/aromatic N) is 2. The molecule has 5 nitrogen and oxygen atoms in total.